The van der Waals surface area contributed by atoms with Crippen molar-refractivity contribution in [3.05, 3.63) is 48.6 Å². The van der Waals surface area contributed by atoms with E-state index in [4.69, 9.17) is 4.52 Å². The molecule has 0 radical (unpaired) electrons. The first-order valence-corrected chi connectivity index (χ1v) is 5.53. The molecule has 90 valence electrons. The SMILES string of the molecule is c1ccc(NCc2nc(-c3ncc[nH]3)no2)cc1. The second-order valence-electron chi connectivity index (χ2n) is 3.67. The van der Waals surface area contributed by atoms with Crippen molar-refractivity contribution in [3.63, 3.8) is 0 Å². The summed E-state index contributed by atoms with van der Waals surface area (Å²) in [4.78, 5) is 11.2. The largest absolute Gasteiger partial charge is 0.376 e. The molecule has 0 atom stereocenters. The molecule has 0 fully saturated rings. The Labute approximate surface area is 103 Å². The summed E-state index contributed by atoms with van der Waals surface area (Å²) in [6, 6.07) is 9.84. The molecule has 6 nitrogen and oxygen atoms in total. The molecule has 0 saturated heterocycles. The molecule has 0 aliphatic heterocycles. The maximum absolute atomic E-state index is 5.13. The van der Waals surface area contributed by atoms with Crippen LogP contribution in [0.1, 0.15) is 5.89 Å². The normalized spacial score (nSPS) is 10.4. The third kappa shape index (κ3) is 2.22. The maximum atomic E-state index is 5.13. The number of nitrogens with zero attached hydrogens (tertiary/aromatic N) is 3. The van der Waals surface area contributed by atoms with Crippen LogP contribution in [0.15, 0.2) is 47.2 Å². The van der Waals surface area contributed by atoms with Gasteiger partial charge >= 0.3 is 0 Å². The molecule has 0 spiro atoms. The van der Waals surface area contributed by atoms with Gasteiger partial charge in [-0.25, -0.2) is 4.98 Å². The summed E-state index contributed by atoms with van der Waals surface area (Å²) in [6.45, 7) is 0.484. The van der Waals surface area contributed by atoms with Crippen LogP contribution in [0.2, 0.25) is 0 Å². The molecule has 2 N–H and O–H groups in total. The summed E-state index contributed by atoms with van der Waals surface area (Å²) in [5.41, 5.74) is 1.01. The van der Waals surface area contributed by atoms with Crippen LogP contribution in [0.25, 0.3) is 11.6 Å². The number of anilines is 1. The van der Waals surface area contributed by atoms with E-state index in [-0.39, 0.29) is 0 Å². The number of hydrogen-bond donors (Lipinski definition) is 2. The van der Waals surface area contributed by atoms with Gasteiger partial charge in [-0.1, -0.05) is 23.4 Å². The summed E-state index contributed by atoms with van der Waals surface area (Å²) in [5.74, 6) is 1.58. The minimum Gasteiger partial charge on any atom is -0.376 e. The van der Waals surface area contributed by atoms with E-state index < -0.39 is 0 Å². The Balaban J connectivity index is 1.68. The van der Waals surface area contributed by atoms with E-state index >= 15 is 0 Å². The van der Waals surface area contributed by atoms with E-state index in [0.717, 1.165) is 5.69 Å². The molecule has 6 heteroatoms. The molecule has 2 heterocycles. The molecular formula is C12H11N5O. The van der Waals surface area contributed by atoms with E-state index in [2.05, 4.69) is 25.4 Å². The fraction of sp³-hybridized carbons (Fsp3) is 0.0833. The number of aromatic amines is 1. The highest BCUT2D eigenvalue weighted by Gasteiger charge is 2.09. The quantitative estimate of drug-likeness (QED) is 0.731. The Morgan fingerprint density at radius 3 is 2.89 bits per heavy atom. The van der Waals surface area contributed by atoms with Crippen LogP contribution in [0, 0.1) is 0 Å². The summed E-state index contributed by atoms with van der Waals surface area (Å²) in [6.07, 6.45) is 3.36. The second kappa shape index (κ2) is 4.70. The first kappa shape index (κ1) is 10.5. The van der Waals surface area contributed by atoms with Gasteiger partial charge in [-0.2, -0.15) is 4.98 Å². The Hall–Kier alpha value is -2.63. The van der Waals surface area contributed by atoms with E-state index in [0.29, 0.717) is 24.1 Å². The standard InChI is InChI=1S/C12H11N5O/c1-2-4-9(5-3-1)15-8-10-16-12(17-18-10)11-13-6-7-14-11/h1-7,15H,8H2,(H,13,14). The first-order valence-electron chi connectivity index (χ1n) is 5.53. The minimum absolute atomic E-state index is 0.463. The predicted molar refractivity (Wildman–Crippen MR) is 65.6 cm³/mol. The molecular weight excluding hydrogens is 230 g/mol. The van der Waals surface area contributed by atoms with E-state index in [9.17, 15) is 0 Å². The van der Waals surface area contributed by atoms with Gasteiger partial charge in [0.2, 0.25) is 11.7 Å². The lowest BCUT2D eigenvalue weighted by molar-refractivity contribution is 0.384. The molecule has 1 aromatic carbocycles. The van der Waals surface area contributed by atoms with Gasteiger partial charge in [0.05, 0.1) is 6.54 Å². The van der Waals surface area contributed by atoms with Crippen molar-refractivity contribution in [1.82, 2.24) is 20.1 Å². The van der Waals surface area contributed by atoms with Gasteiger partial charge in [-0.05, 0) is 12.1 Å². The van der Waals surface area contributed by atoms with E-state index in [1.54, 1.807) is 12.4 Å². The van der Waals surface area contributed by atoms with Crippen molar-refractivity contribution >= 4 is 5.69 Å². The summed E-state index contributed by atoms with van der Waals surface area (Å²) in [5, 5.41) is 7.04. The topological polar surface area (TPSA) is 79.6 Å². The van der Waals surface area contributed by atoms with E-state index in [1.165, 1.54) is 0 Å². The van der Waals surface area contributed by atoms with Gasteiger partial charge in [0.25, 0.3) is 0 Å². The molecule has 0 amide bonds. The van der Waals surface area contributed by atoms with Crippen molar-refractivity contribution in [1.29, 1.82) is 0 Å². The minimum atomic E-state index is 0.463. The van der Waals surface area contributed by atoms with Crippen molar-refractivity contribution in [2.24, 2.45) is 0 Å². The second-order valence-corrected chi connectivity index (χ2v) is 3.67. The molecule has 2 aromatic heterocycles. The summed E-state index contributed by atoms with van der Waals surface area (Å²) < 4.78 is 5.13. The van der Waals surface area contributed by atoms with E-state index in [1.807, 2.05) is 30.3 Å². The van der Waals surface area contributed by atoms with Crippen LogP contribution in [-0.4, -0.2) is 20.1 Å². The number of hydrogen-bond acceptors (Lipinski definition) is 5. The number of aromatic nitrogens is 4. The number of nitrogens with one attached hydrogen (secondary N) is 2. The lowest BCUT2D eigenvalue weighted by Gasteiger charge is -2.01. The van der Waals surface area contributed by atoms with Gasteiger partial charge in [0.15, 0.2) is 5.82 Å². The molecule has 3 aromatic rings. The third-order valence-corrected chi connectivity index (χ3v) is 2.40. The van der Waals surface area contributed by atoms with Crippen LogP contribution < -0.4 is 5.32 Å². The number of rotatable bonds is 4. The smallest absolute Gasteiger partial charge is 0.246 e. The van der Waals surface area contributed by atoms with Gasteiger partial charge in [0, 0.05) is 18.1 Å². The highest BCUT2D eigenvalue weighted by Crippen LogP contribution is 2.11. The molecule has 0 aliphatic rings. The van der Waals surface area contributed by atoms with Crippen LogP contribution in [0.5, 0.6) is 0 Å². The van der Waals surface area contributed by atoms with Gasteiger partial charge in [-0.3, -0.25) is 0 Å². The van der Waals surface area contributed by atoms with Crippen LogP contribution >= 0.6 is 0 Å². The van der Waals surface area contributed by atoms with Crippen molar-refractivity contribution in [3.8, 4) is 11.6 Å². The molecule has 3 rings (SSSR count). The predicted octanol–water partition coefficient (Wildman–Crippen LogP) is 2.07. The van der Waals surface area contributed by atoms with Gasteiger partial charge in [0.1, 0.15) is 0 Å². The van der Waals surface area contributed by atoms with Gasteiger partial charge in [-0.15, -0.1) is 0 Å². The highest BCUT2D eigenvalue weighted by molar-refractivity contribution is 5.43. The van der Waals surface area contributed by atoms with Crippen LogP contribution in [0.3, 0.4) is 0 Å². The fourth-order valence-electron chi connectivity index (χ4n) is 1.54. The Kier molecular flexibility index (Phi) is 2.75. The molecule has 18 heavy (non-hydrogen) atoms. The molecule has 0 unspecified atom stereocenters. The van der Waals surface area contributed by atoms with Crippen molar-refractivity contribution in [2.45, 2.75) is 6.54 Å². The Bertz CT molecular complexity index is 602. The lowest BCUT2D eigenvalue weighted by Crippen LogP contribution is -1.99. The average Bonchev–Trinajstić information content (AvgIpc) is 3.08. The fourth-order valence-corrected chi connectivity index (χ4v) is 1.54. The maximum Gasteiger partial charge on any atom is 0.246 e. The number of para-hydroxylation sites is 1. The Morgan fingerprint density at radius 2 is 2.11 bits per heavy atom. The Morgan fingerprint density at radius 1 is 1.22 bits per heavy atom. The summed E-state index contributed by atoms with van der Waals surface area (Å²) >= 11 is 0. The average molecular weight is 241 g/mol. The number of H-pyrrole nitrogens is 1. The zero-order chi connectivity index (χ0) is 12.2. The zero-order valence-corrected chi connectivity index (χ0v) is 9.50. The van der Waals surface area contributed by atoms with Crippen LogP contribution in [0.4, 0.5) is 5.69 Å². The lowest BCUT2D eigenvalue weighted by atomic mass is 10.3. The number of benzene rings is 1. The molecule has 0 bridgehead atoms. The molecule has 0 saturated carbocycles. The molecule has 0 aliphatic carbocycles. The monoisotopic (exact) mass is 241 g/mol. The number of imidazole rings is 1. The summed E-state index contributed by atoms with van der Waals surface area (Å²) in [7, 11) is 0. The third-order valence-electron chi connectivity index (χ3n) is 2.40. The zero-order valence-electron chi connectivity index (χ0n) is 9.50. The van der Waals surface area contributed by atoms with Crippen molar-refractivity contribution < 1.29 is 4.52 Å². The van der Waals surface area contributed by atoms with Crippen molar-refractivity contribution in [2.75, 3.05) is 5.32 Å². The highest BCUT2D eigenvalue weighted by atomic mass is 16.5. The van der Waals surface area contributed by atoms with Crippen LogP contribution in [-0.2, 0) is 6.54 Å². The first-order chi connectivity index (χ1) is 8.92. The van der Waals surface area contributed by atoms with Gasteiger partial charge < -0.3 is 14.8 Å².